The quantitative estimate of drug-likeness (QED) is 0.867. The van der Waals surface area contributed by atoms with E-state index in [-0.39, 0.29) is 0 Å². The van der Waals surface area contributed by atoms with Crippen LogP contribution in [0.3, 0.4) is 0 Å². The fourth-order valence-electron chi connectivity index (χ4n) is 3.09. The Labute approximate surface area is 123 Å². The molecule has 1 aromatic rings. The van der Waals surface area contributed by atoms with Gasteiger partial charge in [0.25, 0.3) is 0 Å². The molecule has 1 fully saturated rings. The summed E-state index contributed by atoms with van der Waals surface area (Å²) in [5.41, 5.74) is 2.50. The molecule has 1 unspecified atom stereocenters. The van der Waals surface area contributed by atoms with Crippen molar-refractivity contribution in [2.75, 3.05) is 19.6 Å². The first-order chi connectivity index (χ1) is 9.58. The van der Waals surface area contributed by atoms with Gasteiger partial charge in [0.15, 0.2) is 0 Å². The summed E-state index contributed by atoms with van der Waals surface area (Å²) in [6.07, 6.45) is 2.69. The Kier molecular flexibility index (Phi) is 5.61. The Morgan fingerprint density at radius 3 is 2.95 bits per heavy atom. The van der Waals surface area contributed by atoms with Gasteiger partial charge >= 0.3 is 0 Å². The number of likely N-dealkylation sites (tertiary alicyclic amines) is 1. The molecule has 20 heavy (non-hydrogen) atoms. The summed E-state index contributed by atoms with van der Waals surface area (Å²) >= 11 is 0. The Morgan fingerprint density at radius 2 is 2.25 bits per heavy atom. The predicted molar refractivity (Wildman–Crippen MR) is 83.8 cm³/mol. The summed E-state index contributed by atoms with van der Waals surface area (Å²) in [6.45, 7) is 14.3. The van der Waals surface area contributed by atoms with Gasteiger partial charge in [0.2, 0.25) is 0 Å². The average Bonchev–Trinajstić information content (AvgIpc) is 2.77. The summed E-state index contributed by atoms with van der Waals surface area (Å²) < 4.78 is 2.14. The maximum absolute atomic E-state index is 4.55. The molecule has 2 heterocycles. The summed E-state index contributed by atoms with van der Waals surface area (Å²) in [6, 6.07) is 2.83. The van der Waals surface area contributed by atoms with E-state index >= 15 is 0 Å². The molecular formula is C16H30N4. The lowest BCUT2D eigenvalue weighted by atomic mass is 9.97. The highest BCUT2D eigenvalue weighted by Crippen LogP contribution is 2.18. The highest BCUT2D eigenvalue weighted by Gasteiger charge is 2.21. The molecule has 1 saturated heterocycles. The van der Waals surface area contributed by atoms with Crippen LogP contribution in [0.15, 0.2) is 6.07 Å². The van der Waals surface area contributed by atoms with Crippen LogP contribution < -0.4 is 5.32 Å². The lowest BCUT2D eigenvalue weighted by Crippen LogP contribution is -2.40. The summed E-state index contributed by atoms with van der Waals surface area (Å²) in [7, 11) is 0. The summed E-state index contributed by atoms with van der Waals surface area (Å²) in [5.74, 6) is 0.797. The van der Waals surface area contributed by atoms with Gasteiger partial charge in [-0.2, -0.15) is 5.10 Å². The summed E-state index contributed by atoms with van der Waals surface area (Å²) in [4.78, 5) is 2.60. The largest absolute Gasteiger partial charge is 0.314 e. The number of hydrogen-bond acceptors (Lipinski definition) is 3. The van der Waals surface area contributed by atoms with E-state index in [1.54, 1.807) is 0 Å². The fraction of sp³-hybridized carbons (Fsp3) is 0.812. The van der Waals surface area contributed by atoms with Crippen LogP contribution in [0.4, 0.5) is 0 Å². The highest BCUT2D eigenvalue weighted by molar-refractivity contribution is 5.09. The van der Waals surface area contributed by atoms with E-state index in [0.717, 1.165) is 31.2 Å². The highest BCUT2D eigenvalue weighted by atomic mass is 15.3. The zero-order valence-electron chi connectivity index (χ0n) is 13.5. The lowest BCUT2D eigenvalue weighted by Gasteiger charge is -2.33. The van der Waals surface area contributed by atoms with Crippen LogP contribution in [0.2, 0.25) is 0 Å². The van der Waals surface area contributed by atoms with E-state index in [0.29, 0.717) is 6.04 Å². The van der Waals surface area contributed by atoms with Crippen LogP contribution in [-0.2, 0) is 13.1 Å². The second kappa shape index (κ2) is 7.23. The van der Waals surface area contributed by atoms with Crippen molar-refractivity contribution >= 4 is 0 Å². The van der Waals surface area contributed by atoms with E-state index in [9.17, 15) is 0 Å². The average molecular weight is 278 g/mol. The Bertz CT molecular complexity index is 411. The minimum absolute atomic E-state index is 0.592. The van der Waals surface area contributed by atoms with Gasteiger partial charge in [-0.05, 0) is 51.8 Å². The van der Waals surface area contributed by atoms with Gasteiger partial charge in [0.1, 0.15) is 0 Å². The van der Waals surface area contributed by atoms with E-state index in [2.05, 4.69) is 53.8 Å². The minimum atomic E-state index is 0.592. The van der Waals surface area contributed by atoms with Crippen molar-refractivity contribution in [3.63, 3.8) is 0 Å². The van der Waals surface area contributed by atoms with Crippen LogP contribution in [0.5, 0.6) is 0 Å². The molecule has 0 spiro atoms. The third-order valence-electron chi connectivity index (χ3n) is 4.09. The van der Waals surface area contributed by atoms with Gasteiger partial charge in [-0.1, -0.05) is 13.8 Å². The Morgan fingerprint density at radius 1 is 1.45 bits per heavy atom. The van der Waals surface area contributed by atoms with Crippen molar-refractivity contribution < 1.29 is 0 Å². The van der Waals surface area contributed by atoms with Crippen LogP contribution in [-0.4, -0.2) is 40.4 Å². The van der Waals surface area contributed by atoms with Crippen LogP contribution in [0, 0.1) is 12.8 Å². The van der Waals surface area contributed by atoms with E-state index < -0.39 is 0 Å². The van der Waals surface area contributed by atoms with Crippen molar-refractivity contribution in [3.8, 4) is 0 Å². The van der Waals surface area contributed by atoms with Crippen molar-refractivity contribution in [2.45, 2.75) is 59.7 Å². The van der Waals surface area contributed by atoms with Crippen molar-refractivity contribution in [1.82, 2.24) is 20.0 Å². The van der Waals surface area contributed by atoms with Crippen molar-refractivity contribution in [1.29, 1.82) is 0 Å². The molecule has 114 valence electrons. The predicted octanol–water partition coefficient (Wildman–Crippen LogP) is 2.42. The molecule has 0 saturated carbocycles. The first-order valence-electron chi connectivity index (χ1n) is 8.07. The number of piperidine rings is 1. The van der Waals surface area contributed by atoms with E-state index in [4.69, 9.17) is 0 Å². The molecule has 0 amide bonds. The maximum atomic E-state index is 4.55. The normalized spacial score (nSPS) is 20.8. The van der Waals surface area contributed by atoms with Gasteiger partial charge in [0, 0.05) is 25.7 Å². The first-order valence-corrected chi connectivity index (χ1v) is 8.07. The van der Waals surface area contributed by atoms with Crippen LogP contribution >= 0.6 is 0 Å². The molecule has 4 nitrogen and oxygen atoms in total. The Balaban J connectivity index is 1.88. The molecule has 4 heteroatoms. The lowest BCUT2D eigenvalue weighted by molar-refractivity contribution is 0.160. The van der Waals surface area contributed by atoms with Gasteiger partial charge in [-0.25, -0.2) is 0 Å². The second-order valence-corrected chi connectivity index (χ2v) is 6.40. The molecule has 1 atom stereocenters. The molecule has 0 radical (unpaired) electrons. The standard InChI is InChI=1S/C16H30N4/c1-5-20-16(9-14(4)18-20)12-19-8-6-7-15(11-19)10-17-13(2)3/h9,13,15,17H,5-8,10-12H2,1-4H3. The molecule has 1 aliphatic heterocycles. The van der Waals surface area contributed by atoms with Crippen LogP contribution in [0.25, 0.3) is 0 Å². The molecule has 0 bridgehead atoms. The van der Waals surface area contributed by atoms with Crippen molar-refractivity contribution in [2.24, 2.45) is 5.92 Å². The number of aryl methyl sites for hydroxylation is 2. The smallest absolute Gasteiger partial charge is 0.0597 e. The Hall–Kier alpha value is -0.870. The van der Waals surface area contributed by atoms with Gasteiger partial charge in [-0.3, -0.25) is 9.58 Å². The number of hydrogen-bond donors (Lipinski definition) is 1. The minimum Gasteiger partial charge on any atom is -0.314 e. The fourth-order valence-corrected chi connectivity index (χ4v) is 3.09. The van der Waals surface area contributed by atoms with Gasteiger partial charge in [0.05, 0.1) is 11.4 Å². The van der Waals surface area contributed by atoms with Crippen LogP contribution in [0.1, 0.15) is 45.0 Å². The SMILES string of the molecule is CCn1nc(C)cc1CN1CCCC(CNC(C)C)C1. The van der Waals surface area contributed by atoms with Gasteiger partial charge < -0.3 is 5.32 Å². The molecular weight excluding hydrogens is 248 g/mol. The van der Waals surface area contributed by atoms with E-state index in [1.165, 1.54) is 31.6 Å². The van der Waals surface area contributed by atoms with E-state index in [1.807, 2.05) is 0 Å². The number of aromatic nitrogens is 2. The third-order valence-corrected chi connectivity index (χ3v) is 4.09. The number of rotatable bonds is 6. The topological polar surface area (TPSA) is 33.1 Å². The molecule has 0 aliphatic carbocycles. The monoisotopic (exact) mass is 278 g/mol. The van der Waals surface area contributed by atoms with Crippen molar-refractivity contribution in [3.05, 3.63) is 17.5 Å². The zero-order valence-corrected chi connectivity index (χ0v) is 13.5. The second-order valence-electron chi connectivity index (χ2n) is 6.40. The molecule has 1 N–H and O–H groups in total. The number of nitrogens with one attached hydrogen (secondary N) is 1. The number of nitrogens with zero attached hydrogens (tertiary/aromatic N) is 3. The third kappa shape index (κ3) is 4.32. The summed E-state index contributed by atoms with van der Waals surface area (Å²) in [5, 5.41) is 8.13. The maximum Gasteiger partial charge on any atom is 0.0597 e. The molecule has 0 aromatic carbocycles. The first kappa shape index (κ1) is 15.5. The molecule has 1 aliphatic rings. The van der Waals surface area contributed by atoms with Gasteiger partial charge in [-0.15, -0.1) is 0 Å². The zero-order chi connectivity index (χ0) is 14.5. The molecule has 1 aromatic heterocycles. The molecule has 2 rings (SSSR count).